The number of aromatic hydroxyl groups is 1. The number of hydrogen-bond acceptors (Lipinski definition) is 6. The number of fused-ring (bicyclic) bond motifs is 6. The molecule has 4 aromatic carbocycles. The van der Waals surface area contributed by atoms with E-state index in [1.54, 1.807) is 12.1 Å². The van der Waals surface area contributed by atoms with Gasteiger partial charge in [-0.1, -0.05) is 36.4 Å². The summed E-state index contributed by atoms with van der Waals surface area (Å²) in [5.41, 5.74) is 3.82. The van der Waals surface area contributed by atoms with E-state index in [2.05, 4.69) is 24.1 Å². The summed E-state index contributed by atoms with van der Waals surface area (Å²) in [5, 5.41) is 14.2. The Hall–Kier alpha value is -4.45. The standard InChI is InChI=1S/C30H26N2O4/c1-3-32(4-2)20-14-15-23-27(16-20)35-28-18-26(33)25(31-19-10-6-5-7-11-19)17-24(28)30(23)22-13-9-8-12-21(22)29(34)36-30/h5-18,31,33H,3-4H2,1-2H3. The Balaban J connectivity index is 1.58. The largest absolute Gasteiger partial charge is 0.506 e. The van der Waals surface area contributed by atoms with Gasteiger partial charge in [0, 0.05) is 53.3 Å². The average Bonchev–Trinajstić information content (AvgIpc) is 3.19. The zero-order valence-electron chi connectivity index (χ0n) is 20.1. The monoisotopic (exact) mass is 478 g/mol. The molecule has 0 saturated heterocycles. The second-order valence-corrected chi connectivity index (χ2v) is 8.93. The van der Waals surface area contributed by atoms with Gasteiger partial charge >= 0.3 is 5.97 Å². The van der Waals surface area contributed by atoms with Gasteiger partial charge in [-0.15, -0.1) is 0 Å². The van der Waals surface area contributed by atoms with Crippen LogP contribution in [0, 0.1) is 0 Å². The molecule has 2 aliphatic heterocycles. The van der Waals surface area contributed by atoms with Crippen LogP contribution in [-0.2, 0) is 10.3 Å². The van der Waals surface area contributed by atoms with Crippen molar-refractivity contribution >= 4 is 23.0 Å². The van der Waals surface area contributed by atoms with Crippen molar-refractivity contribution in [3.8, 4) is 17.2 Å². The molecule has 0 aromatic heterocycles. The Morgan fingerprint density at radius 1 is 0.833 bits per heavy atom. The second kappa shape index (κ2) is 8.34. The maximum absolute atomic E-state index is 13.1. The minimum atomic E-state index is -1.20. The van der Waals surface area contributed by atoms with E-state index in [0.717, 1.165) is 35.6 Å². The lowest BCUT2D eigenvalue weighted by molar-refractivity contribution is 0.0224. The quantitative estimate of drug-likeness (QED) is 0.250. The van der Waals surface area contributed by atoms with E-state index >= 15 is 0 Å². The van der Waals surface area contributed by atoms with Crippen molar-refractivity contribution in [1.29, 1.82) is 0 Å². The Morgan fingerprint density at radius 2 is 1.56 bits per heavy atom. The van der Waals surface area contributed by atoms with E-state index < -0.39 is 5.60 Å². The molecular formula is C30H26N2O4. The Morgan fingerprint density at radius 3 is 2.33 bits per heavy atom. The number of ether oxygens (including phenoxy) is 2. The van der Waals surface area contributed by atoms with E-state index in [4.69, 9.17) is 9.47 Å². The van der Waals surface area contributed by atoms with Crippen LogP contribution in [0.2, 0.25) is 0 Å². The van der Waals surface area contributed by atoms with Gasteiger partial charge in [0.05, 0.1) is 11.3 Å². The van der Waals surface area contributed by atoms with Gasteiger partial charge in [-0.2, -0.15) is 0 Å². The molecule has 1 spiro atoms. The van der Waals surface area contributed by atoms with Gasteiger partial charge in [0.15, 0.2) is 5.60 Å². The first-order chi connectivity index (χ1) is 17.5. The fourth-order valence-electron chi connectivity index (χ4n) is 5.26. The number of para-hydroxylation sites is 1. The van der Waals surface area contributed by atoms with Crippen LogP contribution in [0.25, 0.3) is 0 Å². The van der Waals surface area contributed by atoms with Crippen LogP contribution >= 0.6 is 0 Å². The Kier molecular flexibility index (Phi) is 5.11. The highest BCUT2D eigenvalue weighted by Gasteiger charge is 2.53. The first-order valence-corrected chi connectivity index (χ1v) is 12.1. The highest BCUT2D eigenvalue weighted by Crippen LogP contribution is 2.58. The lowest BCUT2D eigenvalue weighted by Crippen LogP contribution is -2.33. The molecule has 36 heavy (non-hydrogen) atoms. The van der Waals surface area contributed by atoms with Crippen molar-refractivity contribution in [2.45, 2.75) is 19.4 Å². The third kappa shape index (κ3) is 3.22. The van der Waals surface area contributed by atoms with Crippen molar-refractivity contribution in [2.75, 3.05) is 23.3 Å². The maximum atomic E-state index is 13.1. The molecule has 0 aliphatic carbocycles. The number of nitrogens with one attached hydrogen (secondary N) is 1. The minimum absolute atomic E-state index is 0.0358. The Labute approximate surface area is 209 Å². The lowest BCUT2D eigenvalue weighted by Gasteiger charge is -2.37. The van der Waals surface area contributed by atoms with E-state index in [1.165, 1.54) is 0 Å². The van der Waals surface area contributed by atoms with Gasteiger partial charge in [0.25, 0.3) is 0 Å². The number of phenols is 1. The van der Waals surface area contributed by atoms with Crippen LogP contribution in [0.5, 0.6) is 17.2 Å². The van der Waals surface area contributed by atoms with Crippen LogP contribution in [0.4, 0.5) is 17.1 Å². The zero-order chi connectivity index (χ0) is 24.9. The first kappa shape index (κ1) is 22.0. The van der Waals surface area contributed by atoms with Crippen LogP contribution in [0.3, 0.4) is 0 Å². The third-order valence-corrected chi connectivity index (χ3v) is 7.00. The highest BCUT2D eigenvalue weighted by atomic mass is 16.6. The summed E-state index contributed by atoms with van der Waals surface area (Å²) in [4.78, 5) is 15.4. The first-order valence-electron chi connectivity index (χ1n) is 12.1. The van der Waals surface area contributed by atoms with Crippen LogP contribution < -0.4 is 15.0 Å². The fourth-order valence-corrected chi connectivity index (χ4v) is 5.26. The molecule has 6 rings (SSSR count). The molecule has 0 amide bonds. The molecule has 4 aromatic rings. The van der Waals surface area contributed by atoms with Crippen LogP contribution in [-0.4, -0.2) is 24.2 Å². The number of carbonyl (C=O) groups excluding carboxylic acids is 1. The van der Waals surface area contributed by atoms with Crippen molar-refractivity contribution < 1.29 is 19.4 Å². The average molecular weight is 479 g/mol. The summed E-state index contributed by atoms with van der Waals surface area (Å²) in [6, 6.07) is 26.5. The lowest BCUT2D eigenvalue weighted by atomic mass is 9.77. The number of carbonyl (C=O) groups is 1. The molecule has 2 N–H and O–H groups in total. The number of rotatable bonds is 5. The van der Waals surface area contributed by atoms with Crippen molar-refractivity contribution in [3.63, 3.8) is 0 Å². The van der Waals surface area contributed by atoms with Crippen molar-refractivity contribution in [1.82, 2.24) is 0 Å². The number of esters is 1. The molecule has 0 bridgehead atoms. The normalized spacial score (nSPS) is 17.0. The molecule has 0 radical (unpaired) electrons. The van der Waals surface area contributed by atoms with Gasteiger partial charge in [-0.05, 0) is 50.2 Å². The summed E-state index contributed by atoms with van der Waals surface area (Å²) in [6.07, 6.45) is 0. The number of hydrogen-bond donors (Lipinski definition) is 2. The van der Waals surface area contributed by atoms with E-state index in [0.29, 0.717) is 28.3 Å². The van der Waals surface area contributed by atoms with E-state index in [-0.39, 0.29) is 11.7 Å². The predicted octanol–water partition coefficient (Wildman–Crippen LogP) is 6.55. The van der Waals surface area contributed by atoms with Gasteiger partial charge in [0.2, 0.25) is 0 Å². The van der Waals surface area contributed by atoms with Gasteiger partial charge in [0.1, 0.15) is 17.2 Å². The molecule has 0 saturated carbocycles. The number of benzene rings is 4. The van der Waals surface area contributed by atoms with Gasteiger partial charge in [-0.25, -0.2) is 4.79 Å². The van der Waals surface area contributed by atoms with Crippen molar-refractivity contribution in [2.24, 2.45) is 0 Å². The molecule has 6 nitrogen and oxygen atoms in total. The number of anilines is 3. The van der Waals surface area contributed by atoms with E-state index in [9.17, 15) is 9.90 Å². The molecule has 2 heterocycles. The van der Waals surface area contributed by atoms with Crippen molar-refractivity contribution in [3.05, 3.63) is 107 Å². The molecule has 1 unspecified atom stereocenters. The summed E-state index contributed by atoms with van der Waals surface area (Å²) in [7, 11) is 0. The molecule has 180 valence electrons. The Bertz CT molecular complexity index is 1480. The second-order valence-electron chi connectivity index (χ2n) is 8.93. The molecule has 2 aliphatic rings. The molecule has 0 fully saturated rings. The molecular weight excluding hydrogens is 452 g/mol. The smallest absolute Gasteiger partial charge is 0.340 e. The number of phenolic OH excluding ortho intramolecular Hbond substituents is 1. The molecule has 1 atom stereocenters. The van der Waals surface area contributed by atoms with Crippen LogP contribution in [0.15, 0.2) is 84.9 Å². The summed E-state index contributed by atoms with van der Waals surface area (Å²) >= 11 is 0. The van der Waals surface area contributed by atoms with Gasteiger partial charge < -0.3 is 24.8 Å². The fraction of sp³-hybridized carbons (Fsp3) is 0.167. The summed E-state index contributed by atoms with van der Waals surface area (Å²) in [6.45, 7) is 5.91. The predicted molar refractivity (Wildman–Crippen MR) is 140 cm³/mol. The summed E-state index contributed by atoms with van der Waals surface area (Å²) in [5.74, 6) is 0.691. The third-order valence-electron chi connectivity index (χ3n) is 7.00. The van der Waals surface area contributed by atoms with Gasteiger partial charge in [-0.3, -0.25) is 0 Å². The zero-order valence-corrected chi connectivity index (χ0v) is 20.1. The maximum Gasteiger partial charge on any atom is 0.340 e. The highest BCUT2D eigenvalue weighted by molar-refractivity contribution is 5.97. The van der Waals surface area contributed by atoms with Crippen LogP contribution in [0.1, 0.15) is 40.9 Å². The minimum Gasteiger partial charge on any atom is -0.506 e. The summed E-state index contributed by atoms with van der Waals surface area (Å²) < 4.78 is 12.6. The topological polar surface area (TPSA) is 71.0 Å². The van der Waals surface area contributed by atoms with E-state index in [1.807, 2.05) is 72.8 Å². The number of nitrogens with zero attached hydrogens (tertiary/aromatic N) is 1. The SMILES string of the molecule is CCN(CC)c1ccc2c(c1)Oc1cc(O)c(Nc3ccccc3)cc1C21OC(=O)c2ccccc21. The molecule has 6 heteroatoms.